The molecule has 0 radical (unpaired) electrons. The molecule has 0 bridgehead atoms. The van der Waals surface area contributed by atoms with Gasteiger partial charge in [0.15, 0.2) is 6.61 Å². The van der Waals surface area contributed by atoms with E-state index >= 15 is 0 Å². The highest BCUT2D eigenvalue weighted by Gasteiger charge is 2.03. The predicted molar refractivity (Wildman–Crippen MR) is 86.6 cm³/mol. The zero-order chi connectivity index (χ0) is 15.6. The lowest BCUT2D eigenvalue weighted by Gasteiger charge is -2.03. The normalized spacial score (nSPS) is 11.4. The molecular formula is C18H17NO3. The zero-order valence-corrected chi connectivity index (χ0v) is 12.3. The Balaban J connectivity index is 1.78. The number of ether oxygens (including phenoxy) is 1. The van der Waals surface area contributed by atoms with Gasteiger partial charge in [0.25, 0.3) is 0 Å². The van der Waals surface area contributed by atoms with Gasteiger partial charge in [-0.15, -0.1) is 0 Å². The van der Waals surface area contributed by atoms with Crippen LogP contribution in [0.4, 0.5) is 0 Å². The van der Waals surface area contributed by atoms with Crippen molar-refractivity contribution >= 4 is 17.8 Å². The van der Waals surface area contributed by atoms with E-state index in [1.807, 2.05) is 54.6 Å². The molecule has 0 heterocycles. The van der Waals surface area contributed by atoms with E-state index in [9.17, 15) is 4.79 Å². The van der Waals surface area contributed by atoms with Gasteiger partial charge in [-0.05, 0) is 30.7 Å². The Bertz CT molecular complexity index is 649. The summed E-state index contributed by atoms with van der Waals surface area (Å²) in [6.07, 6.45) is 3.67. The highest BCUT2D eigenvalue weighted by molar-refractivity contribution is 5.96. The summed E-state index contributed by atoms with van der Waals surface area (Å²) in [5.74, 6) is 0.0699. The van der Waals surface area contributed by atoms with E-state index in [1.54, 1.807) is 25.1 Å². The maximum atomic E-state index is 11.5. The monoisotopic (exact) mass is 295 g/mol. The lowest BCUT2D eigenvalue weighted by atomic mass is 10.2. The number of nitrogens with zero attached hydrogens (tertiary/aromatic N) is 1. The third-order valence-electron chi connectivity index (χ3n) is 2.71. The fourth-order valence-corrected chi connectivity index (χ4v) is 1.62. The molecule has 0 aromatic heterocycles. The summed E-state index contributed by atoms with van der Waals surface area (Å²) >= 11 is 0. The van der Waals surface area contributed by atoms with E-state index in [-0.39, 0.29) is 6.61 Å². The highest BCUT2D eigenvalue weighted by Crippen LogP contribution is 2.08. The fourth-order valence-electron chi connectivity index (χ4n) is 1.62. The van der Waals surface area contributed by atoms with Crippen LogP contribution in [0.1, 0.15) is 12.5 Å². The van der Waals surface area contributed by atoms with E-state index in [1.165, 1.54) is 0 Å². The van der Waals surface area contributed by atoms with Gasteiger partial charge >= 0.3 is 5.97 Å². The van der Waals surface area contributed by atoms with E-state index in [4.69, 9.17) is 9.57 Å². The van der Waals surface area contributed by atoms with Gasteiger partial charge in [-0.1, -0.05) is 59.8 Å². The molecule has 4 nitrogen and oxygen atoms in total. The lowest BCUT2D eigenvalue weighted by molar-refractivity contribution is -0.146. The molecule has 22 heavy (non-hydrogen) atoms. The number of hydrogen-bond acceptors (Lipinski definition) is 4. The molecule has 112 valence electrons. The second-order valence-corrected chi connectivity index (χ2v) is 4.54. The van der Waals surface area contributed by atoms with Crippen molar-refractivity contribution in [2.45, 2.75) is 6.92 Å². The maximum Gasteiger partial charge on any atom is 0.372 e. The molecule has 0 aliphatic carbocycles. The number of carbonyl (C=O) groups is 1. The van der Waals surface area contributed by atoms with Crippen LogP contribution >= 0.6 is 0 Å². The Labute approximate surface area is 129 Å². The molecule has 0 aliphatic heterocycles. The van der Waals surface area contributed by atoms with E-state index in [0.29, 0.717) is 11.5 Å². The second-order valence-electron chi connectivity index (χ2n) is 4.54. The summed E-state index contributed by atoms with van der Waals surface area (Å²) in [5, 5.41) is 3.75. The number of benzene rings is 2. The van der Waals surface area contributed by atoms with Gasteiger partial charge in [0.1, 0.15) is 5.75 Å². The minimum Gasteiger partial charge on any atom is -0.482 e. The molecule has 0 saturated carbocycles. The summed E-state index contributed by atoms with van der Waals surface area (Å²) < 4.78 is 5.27. The van der Waals surface area contributed by atoms with Crippen molar-refractivity contribution in [3.05, 3.63) is 72.3 Å². The van der Waals surface area contributed by atoms with Gasteiger partial charge in [-0.2, -0.15) is 0 Å². The number of carbonyl (C=O) groups excluding carboxylic acids is 1. The summed E-state index contributed by atoms with van der Waals surface area (Å²) in [6.45, 7) is 1.58. The summed E-state index contributed by atoms with van der Waals surface area (Å²) in [7, 11) is 0. The van der Waals surface area contributed by atoms with Crippen LogP contribution in [0.3, 0.4) is 0 Å². The van der Waals surface area contributed by atoms with Gasteiger partial charge in [0.05, 0.1) is 5.71 Å². The number of allylic oxidation sites excluding steroid dienone is 1. The number of hydrogen-bond donors (Lipinski definition) is 0. The molecule has 0 spiro atoms. The molecule has 0 amide bonds. The lowest BCUT2D eigenvalue weighted by Crippen LogP contribution is -2.12. The molecule has 2 rings (SSSR count). The highest BCUT2D eigenvalue weighted by atomic mass is 16.7. The summed E-state index contributed by atoms with van der Waals surface area (Å²) in [5.41, 5.74) is 1.65. The summed E-state index contributed by atoms with van der Waals surface area (Å²) in [4.78, 5) is 16.3. The van der Waals surface area contributed by atoms with Gasteiger partial charge in [-0.25, -0.2) is 4.79 Å². The van der Waals surface area contributed by atoms with Crippen LogP contribution in [0.25, 0.3) is 6.08 Å². The summed E-state index contributed by atoms with van der Waals surface area (Å²) in [6, 6.07) is 18.9. The molecule has 0 atom stereocenters. The van der Waals surface area contributed by atoms with Crippen LogP contribution in [0, 0.1) is 0 Å². The van der Waals surface area contributed by atoms with Crippen molar-refractivity contribution in [3.63, 3.8) is 0 Å². The molecule has 0 unspecified atom stereocenters. The molecule has 4 heteroatoms. The Morgan fingerprint density at radius 1 is 1.05 bits per heavy atom. The van der Waals surface area contributed by atoms with Crippen molar-refractivity contribution in [2.75, 3.05) is 6.61 Å². The first kappa shape index (κ1) is 15.5. The van der Waals surface area contributed by atoms with Crippen molar-refractivity contribution in [2.24, 2.45) is 5.16 Å². The first-order chi connectivity index (χ1) is 10.7. The molecule has 0 N–H and O–H groups in total. The molecular weight excluding hydrogens is 278 g/mol. The predicted octanol–water partition coefficient (Wildman–Crippen LogP) is 3.70. The van der Waals surface area contributed by atoms with Gasteiger partial charge < -0.3 is 9.57 Å². The molecule has 0 saturated heterocycles. The average Bonchev–Trinajstić information content (AvgIpc) is 2.58. The Morgan fingerprint density at radius 2 is 1.68 bits per heavy atom. The number of oxime groups is 1. The molecule has 0 aliphatic rings. The van der Waals surface area contributed by atoms with E-state index in [2.05, 4.69) is 5.16 Å². The Morgan fingerprint density at radius 3 is 2.36 bits per heavy atom. The zero-order valence-electron chi connectivity index (χ0n) is 12.3. The fraction of sp³-hybridized carbons (Fsp3) is 0.111. The van der Waals surface area contributed by atoms with Crippen molar-refractivity contribution in [1.82, 2.24) is 0 Å². The average molecular weight is 295 g/mol. The smallest absolute Gasteiger partial charge is 0.372 e. The minimum atomic E-state index is -0.545. The molecule has 0 fully saturated rings. The minimum absolute atomic E-state index is 0.177. The number of para-hydroxylation sites is 1. The van der Waals surface area contributed by atoms with Crippen molar-refractivity contribution < 1.29 is 14.4 Å². The van der Waals surface area contributed by atoms with Crippen LogP contribution in [-0.2, 0) is 9.63 Å². The van der Waals surface area contributed by atoms with Gasteiger partial charge in [0, 0.05) is 0 Å². The van der Waals surface area contributed by atoms with Gasteiger partial charge in [-0.3, -0.25) is 0 Å². The van der Waals surface area contributed by atoms with Crippen LogP contribution in [0.15, 0.2) is 71.9 Å². The van der Waals surface area contributed by atoms with Crippen LogP contribution in [0.2, 0.25) is 0 Å². The first-order valence-electron chi connectivity index (χ1n) is 6.89. The topological polar surface area (TPSA) is 47.9 Å². The quantitative estimate of drug-likeness (QED) is 0.464. The van der Waals surface area contributed by atoms with E-state index in [0.717, 1.165) is 5.56 Å². The third kappa shape index (κ3) is 5.63. The van der Waals surface area contributed by atoms with Crippen molar-refractivity contribution in [1.29, 1.82) is 0 Å². The Kier molecular flexibility index (Phi) is 5.93. The Hall–Kier alpha value is -2.88. The van der Waals surface area contributed by atoms with Crippen molar-refractivity contribution in [3.8, 4) is 5.75 Å². The largest absolute Gasteiger partial charge is 0.482 e. The second kappa shape index (κ2) is 8.42. The molecule has 2 aromatic rings. The number of rotatable bonds is 6. The molecule has 2 aromatic carbocycles. The SMILES string of the molecule is CC(/C=C/c1ccccc1)=N\OC(=O)COc1ccccc1. The maximum absolute atomic E-state index is 11.5. The van der Waals surface area contributed by atoms with Crippen LogP contribution in [-0.4, -0.2) is 18.3 Å². The first-order valence-corrected chi connectivity index (χ1v) is 6.89. The van der Waals surface area contributed by atoms with Crippen LogP contribution < -0.4 is 4.74 Å². The third-order valence-corrected chi connectivity index (χ3v) is 2.71. The van der Waals surface area contributed by atoms with E-state index < -0.39 is 5.97 Å². The standard InChI is InChI=1S/C18H17NO3/c1-15(12-13-16-8-4-2-5-9-16)19-22-18(20)14-21-17-10-6-3-7-11-17/h2-13H,14H2,1H3/b13-12+,19-15+. The van der Waals surface area contributed by atoms with Gasteiger partial charge in [0.2, 0.25) is 0 Å². The van der Waals surface area contributed by atoms with Crippen LogP contribution in [0.5, 0.6) is 5.75 Å².